The molecule has 30 heavy (non-hydrogen) atoms. The summed E-state index contributed by atoms with van der Waals surface area (Å²) in [6.07, 6.45) is 3.97. The molecule has 1 aromatic carbocycles. The molecule has 0 saturated heterocycles. The molecule has 2 aromatic heterocycles. The summed E-state index contributed by atoms with van der Waals surface area (Å²) in [5, 5.41) is 15.7. The molecule has 0 bridgehead atoms. The molecule has 0 amide bonds. The van der Waals surface area contributed by atoms with Gasteiger partial charge in [-0.1, -0.05) is 32.2 Å². The molecule has 2 atom stereocenters. The maximum absolute atomic E-state index is 14.3. The molecule has 0 spiro atoms. The number of hydrogen-bond donors (Lipinski definition) is 0. The van der Waals surface area contributed by atoms with Crippen molar-refractivity contribution < 1.29 is 8.78 Å². The van der Waals surface area contributed by atoms with Crippen molar-refractivity contribution in [2.75, 3.05) is 0 Å². The van der Waals surface area contributed by atoms with Gasteiger partial charge < -0.3 is 0 Å². The number of rotatable bonds is 8. The average Bonchev–Trinajstić information content (AvgIpc) is 3.42. The van der Waals surface area contributed by atoms with Crippen LogP contribution in [0.4, 0.5) is 8.78 Å². The van der Waals surface area contributed by atoms with Gasteiger partial charge >= 0.3 is 0 Å². The van der Waals surface area contributed by atoms with E-state index in [9.17, 15) is 8.78 Å². The van der Waals surface area contributed by atoms with Crippen molar-refractivity contribution in [3.05, 3.63) is 89.3 Å². The maximum Gasteiger partial charge on any atom is 0.137 e. The van der Waals surface area contributed by atoms with E-state index in [0.29, 0.717) is 5.56 Å². The van der Waals surface area contributed by atoms with E-state index in [-0.39, 0.29) is 18.0 Å². The van der Waals surface area contributed by atoms with Crippen molar-refractivity contribution in [3.63, 3.8) is 0 Å². The lowest BCUT2D eigenvalue weighted by molar-refractivity contribution is 0.404. The zero-order chi connectivity index (χ0) is 21.7. The topological polar surface area (TPSA) is 67.4 Å². The molecule has 0 saturated carbocycles. The molecule has 0 unspecified atom stereocenters. The first-order valence-electron chi connectivity index (χ1n) is 9.08. The Morgan fingerprint density at radius 1 is 1.30 bits per heavy atom. The number of allylic oxidation sites excluding steroid dienone is 4. The summed E-state index contributed by atoms with van der Waals surface area (Å²) in [6, 6.07) is 9.20. The third kappa shape index (κ3) is 4.93. The monoisotopic (exact) mass is 423 g/mol. The fraction of sp³-hybridized carbons (Fsp3) is 0.182. The molecule has 0 aliphatic carbocycles. The molecule has 152 valence electrons. The zero-order valence-electron chi connectivity index (χ0n) is 16.3. The van der Waals surface area contributed by atoms with E-state index in [1.54, 1.807) is 16.8 Å². The molecule has 2 heterocycles. The first-order valence-corrected chi connectivity index (χ1v) is 9.96. The van der Waals surface area contributed by atoms with Gasteiger partial charge in [0.05, 0.1) is 28.9 Å². The Hall–Kier alpha value is -3.44. The fourth-order valence-corrected chi connectivity index (χ4v) is 4.08. The van der Waals surface area contributed by atoms with Gasteiger partial charge in [-0.15, -0.1) is 11.3 Å². The lowest BCUT2D eigenvalue weighted by Crippen LogP contribution is -2.20. The normalized spacial score (nSPS) is 13.5. The molecule has 3 aromatic rings. The Morgan fingerprint density at radius 2 is 2.03 bits per heavy atom. The lowest BCUT2D eigenvalue weighted by atomic mass is 9.86. The first kappa shape index (κ1) is 21.3. The third-order valence-corrected chi connectivity index (χ3v) is 5.75. The van der Waals surface area contributed by atoms with Crippen LogP contribution in [0.3, 0.4) is 0 Å². The van der Waals surface area contributed by atoms with Gasteiger partial charge in [0.1, 0.15) is 24.3 Å². The molecular weight excluding hydrogens is 404 g/mol. The molecule has 8 heteroatoms. The maximum atomic E-state index is 14.3. The Labute approximate surface area is 177 Å². The molecule has 0 fully saturated rings. The second-order valence-electron chi connectivity index (χ2n) is 6.72. The van der Waals surface area contributed by atoms with Crippen molar-refractivity contribution in [2.45, 2.75) is 19.4 Å². The van der Waals surface area contributed by atoms with Crippen molar-refractivity contribution in [3.8, 4) is 17.3 Å². The molecule has 5 nitrogen and oxygen atoms in total. The van der Waals surface area contributed by atoms with Crippen LogP contribution in [0.5, 0.6) is 0 Å². The predicted molar refractivity (Wildman–Crippen MR) is 113 cm³/mol. The molecule has 0 aliphatic heterocycles. The van der Waals surface area contributed by atoms with E-state index in [4.69, 9.17) is 10.2 Å². The van der Waals surface area contributed by atoms with Crippen LogP contribution in [-0.2, 0) is 6.54 Å². The van der Waals surface area contributed by atoms with E-state index >= 15 is 0 Å². The third-order valence-electron chi connectivity index (χ3n) is 4.70. The molecule has 3 rings (SSSR count). The predicted octanol–water partition coefficient (Wildman–Crippen LogP) is 5.59. The second-order valence-corrected chi connectivity index (χ2v) is 7.61. The van der Waals surface area contributed by atoms with E-state index in [2.05, 4.69) is 29.3 Å². The Kier molecular flexibility index (Phi) is 6.65. The number of nitrogens with zero attached hydrogens (tertiary/aromatic N) is 5. The highest BCUT2D eigenvalue weighted by molar-refractivity contribution is 7.10. The van der Waals surface area contributed by atoms with Gasteiger partial charge in [-0.25, -0.2) is 18.7 Å². The Morgan fingerprint density at radius 3 is 2.60 bits per heavy atom. The van der Waals surface area contributed by atoms with Crippen molar-refractivity contribution in [1.82, 2.24) is 19.7 Å². The molecular formula is C22H19F2N5S. The van der Waals surface area contributed by atoms with Crippen LogP contribution in [0.15, 0.2) is 78.8 Å². The van der Waals surface area contributed by atoms with Gasteiger partial charge in [-0.2, -0.15) is 10.4 Å². The Bertz CT molecular complexity index is 1110. The van der Waals surface area contributed by atoms with Crippen molar-refractivity contribution in [2.24, 2.45) is 5.92 Å². The number of thiazole rings is 1. The summed E-state index contributed by atoms with van der Waals surface area (Å²) in [7, 11) is 0. The highest BCUT2D eigenvalue weighted by atomic mass is 32.1. The average molecular weight is 423 g/mol. The minimum absolute atomic E-state index is 0.112. The van der Waals surface area contributed by atoms with Gasteiger partial charge in [0.15, 0.2) is 0 Å². The van der Waals surface area contributed by atoms with Crippen LogP contribution in [0.25, 0.3) is 11.3 Å². The summed E-state index contributed by atoms with van der Waals surface area (Å²) in [6.45, 7) is 8.77. The molecule has 0 aliphatic rings. The largest absolute Gasteiger partial charge is 0.252 e. The number of aromatic nitrogens is 4. The minimum atomic E-state index is -0.753. The summed E-state index contributed by atoms with van der Waals surface area (Å²) < 4.78 is 29.4. The second kappa shape index (κ2) is 9.37. The zero-order valence-corrected chi connectivity index (χ0v) is 17.1. The number of benzene rings is 1. The SMILES string of the molecule is C=C(F)/C=C(\C(=C)F)[C@@H](Cn1cncn1)[C@@H](C)c1nc(-c2ccc(C#N)cc2)cs1. The van der Waals surface area contributed by atoms with Crippen LogP contribution in [0.1, 0.15) is 23.4 Å². The van der Waals surface area contributed by atoms with E-state index in [1.807, 2.05) is 24.4 Å². The quantitative estimate of drug-likeness (QED) is 0.443. The first-order chi connectivity index (χ1) is 14.4. The summed E-state index contributed by atoms with van der Waals surface area (Å²) >= 11 is 1.43. The van der Waals surface area contributed by atoms with Crippen LogP contribution in [0, 0.1) is 17.2 Å². The van der Waals surface area contributed by atoms with Gasteiger partial charge in [-0.05, 0) is 23.8 Å². The van der Waals surface area contributed by atoms with E-state index < -0.39 is 17.6 Å². The van der Waals surface area contributed by atoms with Gasteiger partial charge in [0.2, 0.25) is 0 Å². The molecule has 0 radical (unpaired) electrons. The van der Waals surface area contributed by atoms with Crippen LogP contribution in [0.2, 0.25) is 0 Å². The van der Waals surface area contributed by atoms with Crippen molar-refractivity contribution in [1.29, 1.82) is 5.26 Å². The fourth-order valence-electron chi connectivity index (χ4n) is 3.13. The minimum Gasteiger partial charge on any atom is -0.252 e. The van der Waals surface area contributed by atoms with Gasteiger partial charge in [0, 0.05) is 22.8 Å². The number of nitriles is 1. The summed E-state index contributed by atoms with van der Waals surface area (Å²) in [5.41, 5.74) is 2.31. The highest BCUT2D eigenvalue weighted by Crippen LogP contribution is 2.37. The van der Waals surface area contributed by atoms with Crippen molar-refractivity contribution >= 4 is 11.3 Å². The summed E-state index contributed by atoms with van der Waals surface area (Å²) in [5.74, 6) is -2.23. The number of hydrogen-bond acceptors (Lipinski definition) is 5. The van der Waals surface area contributed by atoms with E-state index in [1.165, 1.54) is 24.0 Å². The van der Waals surface area contributed by atoms with Crippen LogP contribution in [-0.4, -0.2) is 19.7 Å². The standard InChI is InChI=1S/C22H19F2N5S/c1-14(23)8-19(16(3)24)20(10-29-13-26-12-27-29)15(2)22-28-21(11-30-22)18-6-4-17(9-25)5-7-18/h4-8,11-13,15,20H,1,3,10H2,2H3/b19-8+/t15-,20+/m1/s1. The smallest absolute Gasteiger partial charge is 0.137 e. The highest BCUT2D eigenvalue weighted by Gasteiger charge is 2.28. The van der Waals surface area contributed by atoms with E-state index in [0.717, 1.165) is 22.3 Å². The molecule has 0 N–H and O–H groups in total. The van der Waals surface area contributed by atoms with Crippen LogP contribution < -0.4 is 0 Å². The van der Waals surface area contributed by atoms with Gasteiger partial charge in [0.25, 0.3) is 0 Å². The van der Waals surface area contributed by atoms with Gasteiger partial charge in [-0.3, -0.25) is 4.68 Å². The number of halogens is 2. The lowest BCUT2D eigenvalue weighted by Gasteiger charge is -2.24. The summed E-state index contributed by atoms with van der Waals surface area (Å²) in [4.78, 5) is 8.62. The Balaban J connectivity index is 1.95. The van der Waals surface area contributed by atoms with Crippen LogP contribution >= 0.6 is 11.3 Å².